The van der Waals surface area contributed by atoms with Gasteiger partial charge in [-0.05, 0) is 37.1 Å². The third-order valence-corrected chi connectivity index (χ3v) is 4.01. The van der Waals surface area contributed by atoms with Crippen molar-refractivity contribution in [3.63, 3.8) is 0 Å². The number of hydrogen-bond donors (Lipinski definition) is 2. The minimum atomic E-state index is -0.459. The van der Waals surface area contributed by atoms with Crippen molar-refractivity contribution in [1.29, 1.82) is 0 Å². The van der Waals surface area contributed by atoms with Crippen molar-refractivity contribution in [1.82, 2.24) is 10.2 Å². The Balaban J connectivity index is 1.58. The van der Waals surface area contributed by atoms with Gasteiger partial charge in [0.2, 0.25) is 0 Å². The highest BCUT2D eigenvalue weighted by Gasteiger charge is 2.22. The molecule has 0 saturated carbocycles. The molecule has 2 aliphatic heterocycles. The summed E-state index contributed by atoms with van der Waals surface area (Å²) < 4.78 is 5.41. The minimum absolute atomic E-state index is 0.0650. The molecule has 2 fully saturated rings. The van der Waals surface area contributed by atoms with Gasteiger partial charge in [-0.3, -0.25) is 9.59 Å². The molecular formula is C16H21N3O3. The number of rotatable bonds is 3. The normalized spacial score (nSPS) is 21.6. The van der Waals surface area contributed by atoms with E-state index in [0.29, 0.717) is 24.4 Å². The molecule has 0 bridgehead atoms. The van der Waals surface area contributed by atoms with Crippen LogP contribution < -0.4 is 10.6 Å². The van der Waals surface area contributed by atoms with Crippen molar-refractivity contribution in [3.8, 4) is 0 Å². The number of carbonyl (C=O) groups excluding carboxylic acids is 2. The Hall–Kier alpha value is -1.92. The lowest BCUT2D eigenvalue weighted by molar-refractivity contribution is -0.128. The smallest absolute Gasteiger partial charge is 0.254 e. The van der Waals surface area contributed by atoms with Crippen molar-refractivity contribution in [2.45, 2.75) is 18.9 Å². The van der Waals surface area contributed by atoms with Crippen molar-refractivity contribution in [3.05, 3.63) is 29.8 Å². The Morgan fingerprint density at radius 2 is 1.91 bits per heavy atom. The Kier molecular flexibility index (Phi) is 4.70. The lowest BCUT2D eigenvalue weighted by atomic mass is 10.1. The standard InChI is InChI=1S/C16H21N3O3/c20-15(14-11-17-7-10-22-14)18-13-5-3-12(4-6-13)16(21)19-8-1-2-9-19/h3-6,14,17H,1-2,7-11H2,(H,18,20). The second-order valence-electron chi connectivity index (χ2n) is 5.63. The molecule has 0 radical (unpaired) electrons. The molecule has 6 heteroatoms. The molecule has 2 N–H and O–H groups in total. The zero-order valence-electron chi connectivity index (χ0n) is 12.5. The summed E-state index contributed by atoms with van der Waals surface area (Å²) >= 11 is 0. The molecule has 1 aromatic rings. The Labute approximate surface area is 129 Å². The Bertz CT molecular complexity index is 532. The minimum Gasteiger partial charge on any atom is -0.366 e. The fourth-order valence-corrected chi connectivity index (χ4v) is 2.76. The molecule has 1 atom stereocenters. The highest BCUT2D eigenvalue weighted by atomic mass is 16.5. The van der Waals surface area contributed by atoms with E-state index in [1.807, 2.05) is 4.90 Å². The molecule has 0 aliphatic carbocycles. The maximum atomic E-state index is 12.2. The third-order valence-electron chi connectivity index (χ3n) is 4.01. The summed E-state index contributed by atoms with van der Waals surface area (Å²) in [6, 6.07) is 7.04. The fourth-order valence-electron chi connectivity index (χ4n) is 2.76. The predicted molar refractivity (Wildman–Crippen MR) is 82.8 cm³/mol. The van der Waals surface area contributed by atoms with Crippen LogP contribution >= 0.6 is 0 Å². The first-order valence-electron chi connectivity index (χ1n) is 7.76. The largest absolute Gasteiger partial charge is 0.366 e. The van der Waals surface area contributed by atoms with Crippen LogP contribution in [0.5, 0.6) is 0 Å². The molecule has 2 aliphatic rings. The number of likely N-dealkylation sites (tertiary alicyclic amines) is 1. The summed E-state index contributed by atoms with van der Waals surface area (Å²) in [7, 11) is 0. The van der Waals surface area contributed by atoms with Crippen LogP contribution in [0.25, 0.3) is 0 Å². The second kappa shape index (κ2) is 6.89. The van der Waals surface area contributed by atoms with Gasteiger partial charge in [0.05, 0.1) is 6.61 Å². The van der Waals surface area contributed by atoms with E-state index in [1.54, 1.807) is 24.3 Å². The van der Waals surface area contributed by atoms with E-state index in [1.165, 1.54) is 0 Å². The van der Waals surface area contributed by atoms with Gasteiger partial charge in [0.15, 0.2) is 0 Å². The number of benzene rings is 1. The molecule has 3 rings (SSSR count). The van der Waals surface area contributed by atoms with E-state index in [4.69, 9.17) is 4.74 Å². The molecule has 1 aromatic carbocycles. The third kappa shape index (κ3) is 3.45. The van der Waals surface area contributed by atoms with E-state index in [-0.39, 0.29) is 11.8 Å². The fraction of sp³-hybridized carbons (Fsp3) is 0.500. The summed E-state index contributed by atoms with van der Waals surface area (Å²) in [5, 5.41) is 5.94. The first-order chi connectivity index (χ1) is 10.7. The predicted octanol–water partition coefficient (Wildman–Crippen LogP) is 0.849. The quantitative estimate of drug-likeness (QED) is 0.868. The van der Waals surface area contributed by atoms with Gasteiger partial charge in [-0.2, -0.15) is 0 Å². The van der Waals surface area contributed by atoms with Gasteiger partial charge in [-0.1, -0.05) is 0 Å². The molecule has 2 saturated heterocycles. The first-order valence-corrected chi connectivity index (χ1v) is 7.76. The van der Waals surface area contributed by atoms with Gasteiger partial charge in [-0.25, -0.2) is 0 Å². The number of nitrogens with one attached hydrogen (secondary N) is 2. The average molecular weight is 303 g/mol. The molecular weight excluding hydrogens is 282 g/mol. The summed E-state index contributed by atoms with van der Waals surface area (Å²) in [5.74, 6) is -0.0963. The van der Waals surface area contributed by atoms with Crippen molar-refractivity contribution < 1.29 is 14.3 Å². The number of nitrogens with zero attached hydrogens (tertiary/aromatic N) is 1. The van der Waals surface area contributed by atoms with E-state index in [9.17, 15) is 9.59 Å². The van der Waals surface area contributed by atoms with Gasteiger partial charge in [0.25, 0.3) is 11.8 Å². The van der Waals surface area contributed by atoms with Crippen LogP contribution in [-0.4, -0.2) is 55.6 Å². The molecule has 2 heterocycles. The molecule has 1 unspecified atom stereocenters. The second-order valence-corrected chi connectivity index (χ2v) is 5.63. The van der Waals surface area contributed by atoms with Crippen LogP contribution in [0.2, 0.25) is 0 Å². The zero-order valence-corrected chi connectivity index (χ0v) is 12.5. The van der Waals surface area contributed by atoms with Crippen LogP contribution in [0, 0.1) is 0 Å². The van der Waals surface area contributed by atoms with E-state index in [2.05, 4.69) is 10.6 Å². The number of anilines is 1. The average Bonchev–Trinajstić information content (AvgIpc) is 3.10. The number of ether oxygens (including phenoxy) is 1. The lowest BCUT2D eigenvalue weighted by Crippen LogP contribution is -2.45. The Morgan fingerprint density at radius 1 is 1.18 bits per heavy atom. The number of hydrogen-bond acceptors (Lipinski definition) is 4. The van der Waals surface area contributed by atoms with Crippen LogP contribution in [0.1, 0.15) is 23.2 Å². The molecule has 6 nitrogen and oxygen atoms in total. The Morgan fingerprint density at radius 3 is 2.55 bits per heavy atom. The summed E-state index contributed by atoms with van der Waals surface area (Å²) in [4.78, 5) is 26.2. The number of amides is 2. The van der Waals surface area contributed by atoms with E-state index in [0.717, 1.165) is 32.5 Å². The molecule has 0 spiro atoms. The van der Waals surface area contributed by atoms with E-state index < -0.39 is 6.10 Å². The monoisotopic (exact) mass is 303 g/mol. The summed E-state index contributed by atoms with van der Waals surface area (Å²) in [6.45, 7) is 3.52. The zero-order chi connectivity index (χ0) is 15.4. The topological polar surface area (TPSA) is 70.7 Å². The van der Waals surface area contributed by atoms with Crippen molar-refractivity contribution in [2.24, 2.45) is 0 Å². The van der Waals surface area contributed by atoms with Gasteiger partial charge < -0.3 is 20.3 Å². The highest BCUT2D eigenvalue weighted by Crippen LogP contribution is 2.15. The molecule has 118 valence electrons. The van der Waals surface area contributed by atoms with Crippen molar-refractivity contribution in [2.75, 3.05) is 38.1 Å². The maximum absolute atomic E-state index is 12.2. The molecule has 0 aromatic heterocycles. The SMILES string of the molecule is O=C(Nc1ccc(C(=O)N2CCCC2)cc1)C1CNCCO1. The summed E-state index contributed by atoms with van der Waals surface area (Å²) in [5.41, 5.74) is 1.34. The van der Waals surface area contributed by atoms with Crippen LogP contribution in [0.3, 0.4) is 0 Å². The van der Waals surface area contributed by atoms with Gasteiger partial charge in [-0.15, -0.1) is 0 Å². The van der Waals surface area contributed by atoms with Gasteiger partial charge >= 0.3 is 0 Å². The molecule has 22 heavy (non-hydrogen) atoms. The van der Waals surface area contributed by atoms with Crippen LogP contribution in [0.15, 0.2) is 24.3 Å². The summed E-state index contributed by atoms with van der Waals surface area (Å²) in [6.07, 6.45) is 1.70. The number of carbonyl (C=O) groups is 2. The first kappa shape index (κ1) is 15.0. The van der Waals surface area contributed by atoms with Crippen LogP contribution in [-0.2, 0) is 9.53 Å². The lowest BCUT2D eigenvalue weighted by Gasteiger charge is -2.22. The van der Waals surface area contributed by atoms with Gasteiger partial charge in [0.1, 0.15) is 6.10 Å². The van der Waals surface area contributed by atoms with Crippen molar-refractivity contribution >= 4 is 17.5 Å². The van der Waals surface area contributed by atoms with Crippen LogP contribution in [0.4, 0.5) is 5.69 Å². The molecule has 2 amide bonds. The highest BCUT2D eigenvalue weighted by molar-refractivity contribution is 5.97. The van der Waals surface area contributed by atoms with Gasteiger partial charge in [0, 0.05) is 37.4 Å². The number of morpholine rings is 1. The van der Waals surface area contributed by atoms with E-state index >= 15 is 0 Å². The maximum Gasteiger partial charge on any atom is 0.254 e.